The Hall–Kier alpha value is -2.58. The Morgan fingerprint density at radius 3 is 2.71 bits per heavy atom. The number of hydrogen-bond donors (Lipinski definition) is 2. The summed E-state index contributed by atoms with van der Waals surface area (Å²) in [7, 11) is 0. The zero-order chi connectivity index (χ0) is 15.1. The van der Waals surface area contributed by atoms with Gasteiger partial charge in [-0.2, -0.15) is 5.26 Å². The fourth-order valence-electron chi connectivity index (χ4n) is 1.67. The standard InChI is InChI=1S/C15H13ClN4O/c16-13-4-2-1-3-12(13)15(21)19-8-7-18-14-6-5-11(9-17)10-20-14/h1-6,10H,7-8H2,(H,18,20)(H,19,21). The second kappa shape index (κ2) is 7.27. The van der Waals surface area contributed by atoms with Crippen molar-refractivity contribution in [1.29, 1.82) is 5.26 Å². The van der Waals surface area contributed by atoms with Crippen LogP contribution in [0.4, 0.5) is 5.82 Å². The molecule has 0 aliphatic rings. The fourth-order valence-corrected chi connectivity index (χ4v) is 1.89. The van der Waals surface area contributed by atoms with Crippen molar-refractivity contribution in [2.24, 2.45) is 0 Å². The normalized spacial score (nSPS) is 9.71. The molecule has 0 fully saturated rings. The van der Waals surface area contributed by atoms with Gasteiger partial charge in [0.05, 0.1) is 16.1 Å². The van der Waals surface area contributed by atoms with Crippen LogP contribution >= 0.6 is 11.6 Å². The van der Waals surface area contributed by atoms with E-state index in [4.69, 9.17) is 16.9 Å². The molecule has 2 rings (SSSR count). The smallest absolute Gasteiger partial charge is 0.252 e. The van der Waals surface area contributed by atoms with Crippen LogP contribution < -0.4 is 10.6 Å². The summed E-state index contributed by atoms with van der Waals surface area (Å²) in [5, 5.41) is 14.9. The Morgan fingerprint density at radius 2 is 2.05 bits per heavy atom. The number of rotatable bonds is 5. The van der Waals surface area contributed by atoms with Gasteiger partial charge in [0.15, 0.2) is 0 Å². The molecule has 0 unspecified atom stereocenters. The first-order chi connectivity index (χ1) is 10.2. The highest BCUT2D eigenvalue weighted by Gasteiger charge is 2.08. The highest BCUT2D eigenvalue weighted by Crippen LogP contribution is 2.14. The van der Waals surface area contributed by atoms with E-state index in [1.54, 1.807) is 36.4 Å². The summed E-state index contributed by atoms with van der Waals surface area (Å²) in [6.45, 7) is 0.959. The topological polar surface area (TPSA) is 77.8 Å². The molecule has 1 aromatic carbocycles. The minimum absolute atomic E-state index is 0.213. The predicted octanol–water partition coefficient (Wildman–Crippen LogP) is 2.45. The number of carbonyl (C=O) groups excluding carboxylic acids is 1. The first-order valence-corrected chi connectivity index (χ1v) is 6.71. The van der Waals surface area contributed by atoms with Gasteiger partial charge in [-0.3, -0.25) is 4.79 Å². The zero-order valence-electron chi connectivity index (χ0n) is 11.1. The lowest BCUT2D eigenvalue weighted by atomic mass is 10.2. The SMILES string of the molecule is N#Cc1ccc(NCCNC(=O)c2ccccc2Cl)nc1. The average Bonchev–Trinajstić information content (AvgIpc) is 2.52. The third kappa shape index (κ3) is 4.20. The monoisotopic (exact) mass is 300 g/mol. The van der Waals surface area contributed by atoms with Crippen LogP contribution in [0.3, 0.4) is 0 Å². The second-order valence-corrected chi connectivity index (χ2v) is 4.61. The number of nitriles is 1. The minimum atomic E-state index is -0.213. The van der Waals surface area contributed by atoms with Crippen molar-refractivity contribution in [3.63, 3.8) is 0 Å². The molecule has 2 aromatic rings. The van der Waals surface area contributed by atoms with Gasteiger partial charge in [-0.15, -0.1) is 0 Å². The quantitative estimate of drug-likeness (QED) is 0.831. The van der Waals surface area contributed by atoms with Crippen molar-refractivity contribution in [3.8, 4) is 6.07 Å². The number of pyridine rings is 1. The number of nitrogens with one attached hydrogen (secondary N) is 2. The molecule has 0 spiro atoms. The molecule has 2 N–H and O–H groups in total. The van der Waals surface area contributed by atoms with Gasteiger partial charge in [-0.05, 0) is 24.3 Å². The number of anilines is 1. The summed E-state index contributed by atoms with van der Waals surface area (Å²) in [6, 6.07) is 12.3. The average molecular weight is 301 g/mol. The summed E-state index contributed by atoms with van der Waals surface area (Å²) in [5.41, 5.74) is 0.961. The predicted molar refractivity (Wildman–Crippen MR) is 81.2 cm³/mol. The van der Waals surface area contributed by atoms with Gasteiger partial charge in [-0.25, -0.2) is 4.98 Å². The molecule has 1 aromatic heterocycles. The van der Waals surface area contributed by atoms with Gasteiger partial charge in [0.25, 0.3) is 5.91 Å². The number of carbonyl (C=O) groups is 1. The van der Waals surface area contributed by atoms with Crippen LogP contribution in [-0.2, 0) is 0 Å². The minimum Gasteiger partial charge on any atom is -0.368 e. The number of hydrogen-bond acceptors (Lipinski definition) is 4. The number of aromatic nitrogens is 1. The van der Waals surface area contributed by atoms with Gasteiger partial charge in [0.1, 0.15) is 11.9 Å². The molecule has 0 bridgehead atoms. The highest BCUT2D eigenvalue weighted by atomic mass is 35.5. The van der Waals surface area contributed by atoms with Crippen LogP contribution in [0.25, 0.3) is 0 Å². The third-order valence-corrected chi connectivity index (χ3v) is 3.06. The molecule has 5 nitrogen and oxygen atoms in total. The Morgan fingerprint density at radius 1 is 1.24 bits per heavy atom. The van der Waals surface area contributed by atoms with Gasteiger partial charge in [-0.1, -0.05) is 23.7 Å². The highest BCUT2D eigenvalue weighted by molar-refractivity contribution is 6.33. The van der Waals surface area contributed by atoms with Crippen molar-refractivity contribution in [2.45, 2.75) is 0 Å². The van der Waals surface area contributed by atoms with E-state index in [-0.39, 0.29) is 5.91 Å². The zero-order valence-corrected chi connectivity index (χ0v) is 11.9. The number of benzene rings is 1. The van der Waals surface area contributed by atoms with Crippen LogP contribution in [-0.4, -0.2) is 24.0 Å². The van der Waals surface area contributed by atoms with Gasteiger partial charge in [0, 0.05) is 19.3 Å². The van der Waals surface area contributed by atoms with E-state index in [0.717, 1.165) is 0 Å². The van der Waals surface area contributed by atoms with Gasteiger partial charge >= 0.3 is 0 Å². The van der Waals surface area contributed by atoms with Gasteiger partial charge in [0.2, 0.25) is 0 Å². The molecule has 0 saturated carbocycles. The van der Waals surface area contributed by atoms with E-state index < -0.39 is 0 Å². The molecule has 1 amide bonds. The van der Waals surface area contributed by atoms with E-state index in [9.17, 15) is 4.79 Å². The van der Waals surface area contributed by atoms with E-state index in [1.807, 2.05) is 6.07 Å². The lowest BCUT2D eigenvalue weighted by Gasteiger charge is -2.08. The van der Waals surface area contributed by atoms with Crippen molar-refractivity contribution in [3.05, 3.63) is 58.7 Å². The van der Waals surface area contributed by atoms with Crippen molar-refractivity contribution in [1.82, 2.24) is 10.3 Å². The van der Waals surface area contributed by atoms with E-state index in [0.29, 0.717) is 35.1 Å². The Bertz CT molecular complexity index is 664. The Labute approximate surface area is 127 Å². The van der Waals surface area contributed by atoms with Crippen LogP contribution in [0.15, 0.2) is 42.6 Å². The van der Waals surface area contributed by atoms with Crippen LogP contribution in [0.2, 0.25) is 5.02 Å². The van der Waals surface area contributed by atoms with Crippen molar-refractivity contribution in [2.75, 3.05) is 18.4 Å². The third-order valence-electron chi connectivity index (χ3n) is 2.73. The Kier molecular flexibility index (Phi) is 5.13. The van der Waals surface area contributed by atoms with Crippen LogP contribution in [0.5, 0.6) is 0 Å². The van der Waals surface area contributed by atoms with E-state index >= 15 is 0 Å². The lowest BCUT2D eigenvalue weighted by molar-refractivity contribution is 0.0955. The molecule has 0 aliphatic heterocycles. The summed E-state index contributed by atoms with van der Waals surface area (Å²) < 4.78 is 0. The van der Waals surface area contributed by atoms with Crippen LogP contribution in [0.1, 0.15) is 15.9 Å². The van der Waals surface area contributed by atoms with Crippen LogP contribution in [0, 0.1) is 11.3 Å². The van der Waals surface area contributed by atoms with E-state index in [1.165, 1.54) is 6.20 Å². The molecule has 1 heterocycles. The number of halogens is 1. The molecule has 0 radical (unpaired) electrons. The summed E-state index contributed by atoms with van der Waals surface area (Å²) in [6.07, 6.45) is 1.49. The summed E-state index contributed by atoms with van der Waals surface area (Å²) in [5.74, 6) is 0.441. The molecular weight excluding hydrogens is 288 g/mol. The molecule has 6 heteroatoms. The number of nitrogens with zero attached hydrogens (tertiary/aromatic N) is 2. The van der Waals surface area contributed by atoms with E-state index in [2.05, 4.69) is 15.6 Å². The molecule has 0 saturated heterocycles. The van der Waals surface area contributed by atoms with Gasteiger partial charge < -0.3 is 10.6 Å². The molecule has 21 heavy (non-hydrogen) atoms. The largest absolute Gasteiger partial charge is 0.368 e. The maximum absolute atomic E-state index is 11.9. The first-order valence-electron chi connectivity index (χ1n) is 6.33. The second-order valence-electron chi connectivity index (χ2n) is 4.21. The first kappa shape index (κ1) is 14.8. The lowest BCUT2D eigenvalue weighted by Crippen LogP contribution is -2.29. The summed E-state index contributed by atoms with van der Waals surface area (Å²) >= 11 is 5.94. The molecule has 106 valence electrons. The van der Waals surface area contributed by atoms with Crippen molar-refractivity contribution >= 4 is 23.3 Å². The Balaban J connectivity index is 1.78. The summed E-state index contributed by atoms with van der Waals surface area (Å²) in [4.78, 5) is 16.0. The number of amides is 1. The molecule has 0 aliphatic carbocycles. The molecular formula is C15H13ClN4O. The molecule has 0 atom stereocenters. The van der Waals surface area contributed by atoms with Crippen molar-refractivity contribution < 1.29 is 4.79 Å². The maximum atomic E-state index is 11.9. The fraction of sp³-hybridized carbons (Fsp3) is 0.133. The maximum Gasteiger partial charge on any atom is 0.252 e.